The van der Waals surface area contributed by atoms with Crippen molar-refractivity contribution in [3.05, 3.63) is 59.7 Å². The topological polar surface area (TPSA) is 45.2 Å². The second kappa shape index (κ2) is 8.10. The maximum absolute atomic E-state index is 13.6. The van der Waals surface area contributed by atoms with Gasteiger partial charge < -0.3 is 10.2 Å². The highest BCUT2D eigenvalue weighted by molar-refractivity contribution is 5.92. The highest BCUT2D eigenvalue weighted by Gasteiger charge is 2.16. The van der Waals surface area contributed by atoms with Gasteiger partial charge in [-0.25, -0.2) is 9.37 Å². The van der Waals surface area contributed by atoms with E-state index in [0.717, 1.165) is 24.7 Å². The number of anilines is 1. The van der Waals surface area contributed by atoms with Gasteiger partial charge in [0.05, 0.1) is 11.9 Å². The fraction of sp³-hybridized carbons (Fsp3) is 0.400. The molecule has 4 nitrogen and oxygen atoms in total. The lowest BCUT2D eigenvalue weighted by Gasteiger charge is -2.31. The molecule has 0 spiro atoms. The zero-order valence-corrected chi connectivity index (χ0v) is 14.5. The molecular formula is C20H24FN3O. The van der Waals surface area contributed by atoms with E-state index in [0.29, 0.717) is 24.2 Å². The number of aromatic nitrogens is 1. The quantitative estimate of drug-likeness (QED) is 0.906. The summed E-state index contributed by atoms with van der Waals surface area (Å²) in [6.45, 7) is 4.74. The van der Waals surface area contributed by atoms with Crippen LogP contribution in [0.2, 0.25) is 0 Å². The van der Waals surface area contributed by atoms with Gasteiger partial charge in [0, 0.05) is 19.6 Å². The van der Waals surface area contributed by atoms with Crippen LogP contribution in [0.15, 0.2) is 42.6 Å². The molecule has 132 valence electrons. The van der Waals surface area contributed by atoms with Crippen LogP contribution < -0.4 is 10.2 Å². The molecule has 1 amide bonds. The number of carbonyl (C=O) groups excluding carboxylic acids is 1. The maximum Gasteiger partial charge on any atom is 0.269 e. The summed E-state index contributed by atoms with van der Waals surface area (Å²) in [7, 11) is 0. The summed E-state index contributed by atoms with van der Waals surface area (Å²) in [5.74, 6) is 0.314. The van der Waals surface area contributed by atoms with Gasteiger partial charge in [-0.2, -0.15) is 0 Å². The first kappa shape index (κ1) is 17.4. The van der Waals surface area contributed by atoms with Crippen LogP contribution in [0.25, 0.3) is 0 Å². The monoisotopic (exact) mass is 341 g/mol. The molecule has 2 aromatic rings. The molecule has 1 aromatic carbocycles. The van der Waals surface area contributed by atoms with Crippen molar-refractivity contribution in [1.29, 1.82) is 0 Å². The third kappa shape index (κ3) is 4.56. The van der Waals surface area contributed by atoms with Crippen LogP contribution in [0.4, 0.5) is 10.1 Å². The fourth-order valence-electron chi connectivity index (χ4n) is 3.08. The van der Waals surface area contributed by atoms with Crippen molar-refractivity contribution in [3.63, 3.8) is 0 Å². The number of nitrogens with zero attached hydrogens (tertiary/aromatic N) is 2. The van der Waals surface area contributed by atoms with Gasteiger partial charge in [0.25, 0.3) is 5.91 Å². The van der Waals surface area contributed by atoms with Crippen LogP contribution in [0, 0.1) is 11.7 Å². The van der Waals surface area contributed by atoms with Crippen LogP contribution in [-0.2, 0) is 6.42 Å². The summed E-state index contributed by atoms with van der Waals surface area (Å²) in [6.07, 6.45) is 4.61. The Balaban J connectivity index is 1.51. The van der Waals surface area contributed by atoms with Crippen molar-refractivity contribution in [2.75, 3.05) is 24.5 Å². The molecule has 0 atom stereocenters. The van der Waals surface area contributed by atoms with Crippen LogP contribution in [0.1, 0.15) is 35.8 Å². The molecule has 0 aliphatic carbocycles. The van der Waals surface area contributed by atoms with Crippen LogP contribution >= 0.6 is 0 Å². The molecule has 1 aliphatic heterocycles. The summed E-state index contributed by atoms with van der Waals surface area (Å²) in [6, 6.07) is 10.3. The van der Waals surface area contributed by atoms with Gasteiger partial charge in [0.2, 0.25) is 0 Å². The highest BCUT2D eigenvalue weighted by Crippen LogP contribution is 2.22. The van der Waals surface area contributed by atoms with Gasteiger partial charge in [0.1, 0.15) is 11.5 Å². The van der Waals surface area contributed by atoms with E-state index in [9.17, 15) is 9.18 Å². The summed E-state index contributed by atoms with van der Waals surface area (Å²) >= 11 is 0. The minimum absolute atomic E-state index is 0.227. The van der Waals surface area contributed by atoms with Crippen LogP contribution in [0.5, 0.6) is 0 Å². The molecule has 1 saturated heterocycles. The van der Waals surface area contributed by atoms with Gasteiger partial charge in [-0.1, -0.05) is 25.1 Å². The van der Waals surface area contributed by atoms with Crippen molar-refractivity contribution >= 4 is 11.6 Å². The SMILES string of the molecule is CC1CCN(c2ccc(C(=O)NCCc3ccccc3F)nc2)CC1. The highest BCUT2D eigenvalue weighted by atomic mass is 19.1. The van der Waals surface area contributed by atoms with Gasteiger partial charge in [0.15, 0.2) is 0 Å². The lowest BCUT2D eigenvalue weighted by Crippen LogP contribution is -2.33. The van der Waals surface area contributed by atoms with Gasteiger partial charge in [-0.3, -0.25) is 4.79 Å². The Hall–Kier alpha value is -2.43. The zero-order valence-electron chi connectivity index (χ0n) is 14.5. The molecule has 1 fully saturated rings. The van der Waals surface area contributed by atoms with Gasteiger partial charge >= 0.3 is 0 Å². The number of nitrogens with one attached hydrogen (secondary N) is 1. The van der Waals surface area contributed by atoms with E-state index in [1.807, 2.05) is 6.07 Å². The second-order valence-corrected chi connectivity index (χ2v) is 6.67. The number of benzene rings is 1. The molecule has 1 N–H and O–H groups in total. The Morgan fingerprint density at radius 2 is 2.00 bits per heavy atom. The first-order valence-electron chi connectivity index (χ1n) is 8.86. The predicted molar refractivity (Wildman–Crippen MR) is 97.3 cm³/mol. The standard InChI is InChI=1S/C20H24FN3O/c1-15-9-12-24(13-10-15)17-6-7-19(23-14-17)20(25)22-11-8-16-4-2-3-5-18(16)21/h2-7,14-15H,8-13H2,1H3,(H,22,25). The molecule has 0 bridgehead atoms. The Labute approximate surface area is 148 Å². The average Bonchev–Trinajstić information content (AvgIpc) is 2.64. The van der Waals surface area contributed by atoms with E-state index in [4.69, 9.17) is 0 Å². The molecule has 3 rings (SSSR count). The molecule has 0 unspecified atom stereocenters. The lowest BCUT2D eigenvalue weighted by molar-refractivity contribution is 0.0949. The summed E-state index contributed by atoms with van der Waals surface area (Å²) in [5, 5.41) is 2.80. The van der Waals surface area contributed by atoms with Gasteiger partial charge in [-0.05, 0) is 48.9 Å². The third-order valence-corrected chi connectivity index (χ3v) is 4.77. The Morgan fingerprint density at radius 3 is 2.68 bits per heavy atom. The van der Waals surface area contributed by atoms with Crippen LogP contribution in [0.3, 0.4) is 0 Å². The number of carbonyl (C=O) groups is 1. The number of rotatable bonds is 5. The summed E-state index contributed by atoms with van der Waals surface area (Å²) in [5.41, 5.74) is 2.06. The fourth-order valence-corrected chi connectivity index (χ4v) is 3.08. The number of halogens is 1. The van der Waals surface area contributed by atoms with Gasteiger partial charge in [-0.15, -0.1) is 0 Å². The Kier molecular flexibility index (Phi) is 5.64. The van der Waals surface area contributed by atoms with Crippen molar-refractivity contribution in [3.8, 4) is 0 Å². The van der Waals surface area contributed by atoms with Crippen molar-refractivity contribution < 1.29 is 9.18 Å². The molecule has 25 heavy (non-hydrogen) atoms. The number of piperidine rings is 1. The largest absolute Gasteiger partial charge is 0.370 e. The van der Waals surface area contributed by atoms with Crippen molar-refractivity contribution in [1.82, 2.24) is 10.3 Å². The van der Waals surface area contributed by atoms with E-state index in [1.54, 1.807) is 30.5 Å². The van der Waals surface area contributed by atoms with E-state index in [1.165, 1.54) is 18.9 Å². The first-order valence-corrected chi connectivity index (χ1v) is 8.86. The lowest BCUT2D eigenvalue weighted by atomic mass is 9.99. The molecule has 5 heteroatoms. The minimum atomic E-state index is -0.241. The second-order valence-electron chi connectivity index (χ2n) is 6.67. The molecule has 0 radical (unpaired) electrons. The van der Waals surface area contributed by atoms with E-state index in [-0.39, 0.29) is 11.7 Å². The average molecular weight is 341 g/mol. The van der Waals surface area contributed by atoms with Crippen molar-refractivity contribution in [2.45, 2.75) is 26.2 Å². The summed E-state index contributed by atoms with van der Waals surface area (Å²) < 4.78 is 13.6. The minimum Gasteiger partial charge on any atom is -0.370 e. The first-order chi connectivity index (χ1) is 12.1. The predicted octanol–water partition coefficient (Wildman–Crippen LogP) is 3.43. The number of hydrogen-bond acceptors (Lipinski definition) is 3. The number of pyridine rings is 1. The molecule has 2 heterocycles. The summed E-state index contributed by atoms with van der Waals surface area (Å²) in [4.78, 5) is 18.8. The smallest absolute Gasteiger partial charge is 0.269 e. The zero-order chi connectivity index (χ0) is 17.6. The molecule has 0 saturated carbocycles. The molecule has 1 aliphatic rings. The Morgan fingerprint density at radius 1 is 1.24 bits per heavy atom. The third-order valence-electron chi connectivity index (χ3n) is 4.77. The maximum atomic E-state index is 13.6. The van der Waals surface area contributed by atoms with Crippen molar-refractivity contribution in [2.24, 2.45) is 5.92 Å². The normalized spacial score (nSPS) is 15.2. The number of amides is 1. The number of hydrogen-bond donors (Lipinski definition) is 1. The van der Waals surface area contributed by atoms with Crippen LogP contribution in [-0.4, -0.2) is 30.5 Å². The molecule has 1 aromatic heterocycles. The van der Waals surface area contributed by atoms with E-state index >= 15 is 0 Å². The molecular weight excluding hydrogens is 317 g/mol. The Bertz CT molecular complexity index is 709. The van der Waals surface area contributed by atoms with E-state index < -0.39 is 0 Å². The van der Waals surface area contributed by atoms with E-state index in [2.05, 4.69) is 22.1 Å².